The van der Waals surface area contributed by atoms with Gasteiger partial charge in [-0.2, -0.15) is 0 Å². The topological polar surface area (TPSA) is 83.6 Å². The molecule has 19 heavy (non-hydrogen) atoms. The van der Waals surface area contributed by atoms with Crippen LogP contribution in [0, 0.1) is 5.92 Å². The lowest BCUT2D eigenvalue weighted by Crippen LogP contribution is -2.34. The highest BCUT2D eigenvalue weighted by molar-refractivity contribution is 9.10. The van der Waals surface area contributed by atoms with E-state index in [1.165, 1.54) is 0 Å². The maximum absolute atomic E-state index is 11.5. The number of anilines is 1. The summed E-state index contributed by atoms with van der Waals surface area (Å²) in [6.07, 6.45) is 0.574. The lowest BCUT2D eigenvalue weighted by molar-refractivity contribution is -0.141. The van der Waals surface area contributed by atoms with E-state index in [-0.39, 0.29) is 6.04 Å². The first kappa shape index (κ1) is 13.9. The van der Waals surface area contributed by atoms with E-state index >= 15 is 0 Å². The van der Waals surface area contributed by atoms with Crippen LogP contribution in [0.1, 0.15) is 23.7 Å². The van der Waals surface area contributed by atoms with E-state index in [9.17, 15) is 9.59 Å². The molecule has 6 heteroatoms. The summed E-state index contributed by atoms with van der Waals surface area (Å²) in [6.45, 7) is 2.47. The van der Waals surface area contributed by atoms with E-state index in [0.717, 1.165) is 4.47 Å². The molecule has 2 rings (SSSR count). The molecule has 0 aliphatic carbocycles. The Morgan fingerprint density at radius 1 is 1.47 bits per heavy atom. The largest absolute Gasteiger partial charge is 0.481 e. The Hall–Kier alpha value is -1.56. The van der Waals surface area contributed by atoms with Gasteiger partial charge in [-0.25, -0.2) is 0 Å². The zero-order valence-electron chi connectivity index (χ0n) is 10.5. The molecule has 102 valence electrons. The summed E-state index contributed by atoms with van der Waals surface area (Å²) in [5, 5.41) is 9.15. The quantitative estimate of drug-likeness (QED) is 0.887. The molecule has 1 aliphatic heterocycles. The zero-order valence-corrected chi connectivity index (χ0v) is 12.1. The van der Waals surface area contributed by atoms with Crippen LogP contribution in [-0.2, 0) is 4.79 Å². The van der Waals surface area contributed by atoms with Crippen molar-refractivity contribution in [1.82, 2.24) is 0 Å². The minimum absolute atomic E-state index is 0.156. The number of benzene rings is 1. The third-order valence-electron chi connectivity index (χ3n) is 3.61. The van der Waals surface area contributed by atoms with Crippen molar-refractivity contribution in [2.45, 2.75) is 19.4 Å². The van der Waals surface area contributed by atoms with Crippen molar-refractivity contribution in [2.24, 2.45) is 11.7 Å². The number of aliphatic carboxylic acids is 1. The second-order valence-corrected chi connectivity index (χ2v) is 5.61. The van der Waals surface area contributed by atoms with Crippen LogP contribution in [0.25, 0.3) is 0 Å². The Morgan fingerprint density at radius 3 is 2.68 bits per heavy atom. The minimum atomic E-state index is -0.798. The molecule has 0 saturated carbocycles. The van der Waals surface area contributed by atoms with Gasteiger partial charge in [0.05, 0.1) is 11.5 Å². The first-order valence-corrected chi connectivity index (χ1v) is 6.80. The molecule has 3 N–H and O–H groups in total. The monoisotopic (exact) mass is 326 g/mol. The smallest absolute Gasteiger partial charge is 0.308 e. The maximum Gasteiger partial charge on any atom is 0.308 e. The summed E-state index contributed by atoms with van der Waals surface area (Å²) in [5.41, 5.74) is 6.50. The van der Waals surface area contributed by atoms with Crippen molar-refractivity contribution in [1.29, 1.82) is 0 Å². The van der Waals surface area contributed by atoms with Crippen LogP contribution >= 0.6 is 15.9 Å². The number of nitrogens with zero attached hydrogens (tertiary/aromatic N) is 1. The molecule has 5 nitrogen and oxygen atoms in total. The van der Waals surface area contributed by atoms with Gasteiger partial charge in [-0.3, -0.25) is 9.59 Å². The molecule has 1 fully saturated rings. The van der Waals surface area contributed by atoms with E-state index in [1.807, 2.05) is 17.9 Å². The van der Waals surface area contributed by atoms with Crippen molar-refractivity contribution in [3.05, 3.63) is 28.2 Å². The maximum atomic E-state index is 11.5. The number of halogens is 1. The van der Waals surface area contributed by atoms with E-state index in [0.29, 0.717) is 24.2 Å². The fourth-order valence-corrected chi connectivity index (χ4v) is 2.93. The Balaban J connectivity index is 2.38. The number of amides is 1. The summed E-state index contributed by atoms with van der Waals surface area (Å²) in [5.74, 6) is -1.72. The SMILES string of the molecule is CC1C(C(=O)O)CCN1c1ccc(Br)cc1C(N)=O. The lowest BCUT2D eigenvalue weighted by Gasteiger charge is -2.27. The first-order valence-electron chi connectivity index (χ1n) is 6.00. The molecule has 0 aromatic heterocycles. The van der Waals surface area contributed by atoms with Crippen molar-refractivity contribution in [3.63, 3.8) is 0 Å². The van der Waals surface area contributed by atoms with E-state index in [1.54, 1.807) is 12.1 Å². The number of primary amides is 1. The molecule has 0 spiro atoms. The van der Waals surface area contributed by atoms with Crippen LogP contribution in [0.2, 0.25) is 0 Å². The highest BCUT2D eigenvalue weighted by Crippen LogP contribution is 2.33. The minimum Gasteiger partial charge on any atom is -0.481 e. The second kappa shape index (κ2) is 5.21. The predicted molar refractivity (Wildman–Crippen MR) is 75.2 cm³/mol. The van der Waals surface area contributed by atoms with Gasteiger partial charge in [-0.15, -0.1) is 0 Å². The normalized spacial score (nSPS) is 22.5. The summed E-state index contributed by atoms with van der Waals surface area (Å²) >= 11 is 3.30. The van der Waals surface area contributed by atoms with Gasteiger partial charge in [0, 0.05) is 22.7 Å². The number of carbonyl (C=O) groups is 2. The van der Waals surface area contributed by atoms with Crippen LogP contribution in [0.15, 0.2) is 22.7 Å². The zero-order chi connectivity index (χ0) is 14.2. The molecule has 2 atom stereocenters. The fraction of sp³-hybridized carbons (Fsp3) is 0.385. The molecule has 1 heterocycles. The van der Waals surface area contributed by atoms with Crippen LogP contribution in [0.3, 0.4) is 0 Å². The number of hydrogen-bond donors (Lipinski definition) is 2. The van der Waals surface area contributed by atoms with Crippen molar-refractivity contribution in [2.75, 3.05) is 11.4 Å². The number of carboxylic acids is 1. The summed E-state index contributed by atoms with van der Waals surface area (Å²) < 4.78 is 0.770. The molecular formula is C13H15BrN2O3. The molecule has 1 saturated heterocycles. The van der Waals surface area contributed by atoms with Gasteiger partial charge >= 0.3 is 5.97 Å². The number of nitrogens with two attached hydrogens (primary N) is 1. The summed E-state index contributed by atoms with van der Waals surface area (Å²) in [4.78, 5) is 24.6. The van der Waals surface area contributed by atoms with E-state index in [2.05, 4.69) is 15.9 Å². The van der Waals surface area contributed by atoms with Crippen LogP contribution in [0.4, 0.5) is 5.69 Å². The van der Waals surface area contributed by atoms with Gasteiger partial charge < -0.3 is 15.7 Å². The molecule has 1 aromatic carbocycles. The Morgan fingerprint density at radius 2 is 2.16 bits per heavy atom. The molecular weight excluding hydrogens is 312 g/mol. The van der Waals surface area contributed by atoms with Crippen molar-refractivity contribution in [3.8, 4) is 0 Å². The van der Waals surface area contributed by atoms with Gasteiger partial charge in [0.2, 0.25) is 0 Å². The number of rotatable bonds is 3. The molecule has 1 aromatic rings. The van der Waals surface area contributed by atoms with Crippen molar-refractivity contribution < 1.29 is 14.7 Å². The average Bonchev–Trinajstić information content (AvgIpc) is 2.71. The number of carboxylic acid groups (broad SMARTS) is 1. The fourth-order valence-electron chi connectivity index (χ4n) is 2.57. The standard InChI is InChI=1S/C13H15BrN2O3/c1-7-9(13(18)19)4-5-16(7)11-3-2-8(14)6-10(11)12(15)17/h2-3,6-7,9H,4-5H2,1H3,(H2,15,17)(H,18,19). The Kier molecular flexibility index (Phi) is 3.80. The van der Waals surface area contributed by atoms with Crippen LogP contribution < -0.4 is 10.6 Å². The lowest BCUT2D eigenvalue weighted by atomic mass is 10.0. The second-order valence-electron chi connectivity index (χ2n) is 4.69. The molecule has 1 aliphatic rings. The molecule has 0 radical (unpaired) electrons. The molecule has 0 bridgehead atoms. The molecule has 2 unspecified atom stereocenters. The van der Waals surface area contributed by atoms with E-state index < -0.39 is 17.8 Å². The molecule has 1 amide bonds. The third-order valence-corrected chi connectivity index (χ3v) is 4.10. The Labute approximate surface area is 119 Å². The third kappa shape index (κ3) is 2.58. The van der Waals surface area contributed by atoms with Gasteiger partial charge in [-0.05, 0) is 31.5 Å². The van der Waals surface area contributed by atoms with Crippen LogP contribution in [-0.4, -0.2) is 29.6 Å². The van der Waals surface area contributed by atoms with Gasteiger partial charge in [0.15, 0.2) is 0 Å². The van der Waals surface area contributed by atoms with Crippen LogP contribution in [0.5, 0.6) is 0 Å². The van der Waals surface area contributed by atoms with Gasteiger partial charge in [0.25, 0.3) is 5.91 Å². The number of hydrogen-bond acceptors (Lipinski definition) is 3. The first-order chi connectivity index (χ1) is 8.91. The summed E-state index contributed by atoms with van der Waals surface area (Å²) in [7, 11) is 0. The highest BCUT2D eigenvalue weighted by atomic mass is 79.9. The van der Waals surface area contributed by atoms with Crippen molar-refractivity contribution >= 4 is 33.5 Å². The Bertz CT molecular complexity index is 533. The summed E-state index contributed by atoms with van der Waals surface area (Å²) in [6, 6.07) is 5.13. The number of carbonyl (C=O) groups excluding carboxylic acids is 1. The average molecular weight is 327 g/mol. The van der Waals surface area contributed by atoms with E-state index in [4.69, 9.17) is 10.8 Å². The highest BCUT2D eigenvalue weighted by Gasteiger charge is 2.36. The van der Waals surface area contributed by atoms with Gasteiger partial charge in [0.1, 0.15) is 0 Å². The van der Waals surface area contributed by atoms with Gasteiger partial charge in [-0.1, -0.05) is 15.9 Å². The predicted octanol–water partition coefficient (Wildman–Crippen LogP) is 1.85.